The van der Waals surface area contributed by atoms with Gasteiger partial charge in [-0.05, 0) is 58.0 Å². The molecule has 0 spiro atoms. The van der Waals surface area contributed by atoms with Crippen LogP contribution in [0.15, 0.2) is 29.3 Å². The molecule has 1 saturated heterocycles. The van der Waals surface area contributed by atoms with Gasteiger partial charge in [0.25, 0.3) is 0 Å². The van der Waals surface area contributed by atoms with Gasteiger partial charge in [-0.25, -0.2) is 4.39 Å². The Labute approximate surface area is 186 Å². The van der Waals surface area contributed by atoms with Crippen molar-refractivity contribution in [3.05, 3.63) is 35.6 Å². The van der Waals surface area contributed by atoms with Crippen LogP contribution in [0.5, 0.6) is 0 Å². The van der Waals surface area contributed by atoms with E-state index >= 15 is 0 Å². The second-order valence-corrected chi connectivity index (χ2v) is 9.00. The molecule has 1 heterocycles. The van der Waals surface area contributed by atoms with E-state index in [2.05, 4.69) is 15.5 Å². The van der Waals surface area contributed by atoms with E-state index in [4.69, 9.17) is 4.99 Å². The van der Waals surface area contributed by atoms with Gasteiger partial charge in [-0.15, -0.1) is 0 Å². The first kappa shape index (κ1) is 23.5. The van der Waals surface area contributed by atoms with E-state index in [0.29, 0.717) is 12.5 Å². The third-order valence-electron chi connectivity index (χ3n) is 6.42. The fourth-order valence-corrected chi connectivity index (χ4v) is 4.66. The Balaban J connectivity index is 1.59. The van der Waals surface area contributed by atoms with Crippen LogP contribution in [0.4, 0.5) is 4.39 Å². The Kier molecular flexibility index (Phi) is 8.69. The average molecular weight is 432 g/mol. The molecular formula is C24H38FN5O. The van der Waals surface area contributed by atoms with Crippen LogP contribution in [0, 0.1) is 11.7 Å². The van der Waals surface area contributed by atoms with Gasteiger partial charge in [0.2, 0.25) is 5.91 Å². The molecule has 1 aromatic rings. The fourth-order valence-electron chi connectivity index (χ4n) is 4.66. The molecule has 0 bridgehead atoms. The summed E-state index contributed by atoms with van der Waals surface area (Å²) < 4.78 is 13.7. The van der Waals surface area contributed by atoms with Crippen LogP contribution in [0.2, 0.25) is 0 Å². The number of rotatable bonds is 7. The average Bonchev–Trinajstić information content (AvgIpc) is 3.22. The van der Waals surface area contributed by atoms with Crippen LogP contribution < -0.4 is 10.6 Å². The number of nitrogens with zero attached hydrogens (tertiary/aromatic N) is 3. The maximum absolute atomic E-state index is 13.7. The standard InChI is InChI=1S/C24H38FN5O/c1-4-26-24(27-16-22(29(2)3)19-11-8-12-20(25)15-19)28-21-13-14-30(17-21)23(31)18-9-6-5-7-10-18/h8,11-12,15,18,21-22H,4-7,9-10,13-14,16-17H2,1-3H3,(H2,26,27,28). The molecule has 2 N–H and O–H groups in total. The van der Waals surface area contributed by atoms with Crippen LogP contribution in [-0.2, 0) is 4.79 Å². The fraction of sp³-hybridized carbons (Fsp3) is 0.667. The zero-order valence-corrected chi connectivity index (χ0v) is 19.2. The van der Waals surface area contributed by atoms with E-state index < -0.39 is 0 Å². The number of carbonyl (C=O) groups excluding carboxylic acids is 1. The molecular weight excluding hydrogens is 393 g/mol. The minimum Gasteiger partial charge on any atom is -0.357 e. The van der Waals surface area contributed by atoms with Gasteiger partial charge in [0.05, 0.1) is 12.6 Å². The van der Waals surface area contributed by atoms with Crippen LogP contribution in [0.1, 0.15) is 57.1 Å². The quantitative estimate of drug-likeness (QED) is 0.514. The monoisotopic (exact) mass is 431 g/mol. The van der Waals surface area contributed by atoms with E-state index in [1.165, 1.54) is 25.3 Å². The summed E-state index contributed by atoms with van der Waals surface area (Å²) in [6, 6.07) is 6.91. The molecule has 2 unspecified atom stereocenters. The first-order valence-corrected chi connectivity index (χ1v) is 11.7. The molecule has 1 aromatic carbocycles. The van der Waals surface area contributed by atoms with Crippen molar-refractivity contribution < 1.29 is 9.18 Å². The summed E-state index contributed by atoms with van der Waals surface area (Å²) in [7, 11) is 3.97. The van der Waals surface area contributed by atoms with Crippen molar-refractivity contribution in [2.75, 3.05) is 40.3 Å². The topological polar surface area (TPSA) is 60.0 Å². The summed E-state index contributed by atoms with van der Waals surface area (Å²) in [5.41, 5.74) is 0.912. The first-order chi connectivity index (χ1) is 15.0. The molecule has 6 nitrogen and oxygen atoms in total. The van der Waals surface area contributed by atoms with Crippen molar-refractivity contribution in [2.45, 2.75) is 57.5 Å². The molecule has 7 heteroatoms. The predicted molar refractivity (Wildman–Crippen MR) is 124 cm³/mol. The van der Waals surface area contributed by atoms with Gasteiger partial charge in [-0.1, -0.05) is 31.4 Å². The lowest BCUT2D eigenvalue weighted by Crippen LogP contribution is -2.46. The number of halogens is 1. The smallest absolute Gasteiger partial charge is 0.225 e. The van der Waals surface area contributed by atoms with E-state index in [1.54, 1.807) is 12.1 Å². The number of benzene rings is 1. The van der Waals surface area contributed by atoms with E-state index in [1.807, 2.05) is 32.0 Å². The maximum Gasteiger partial charge on any atom is 0.225 e. The van der Waals surface area contributed by atoms with Crippen molar-refractivity contribution in [3.63, 3.8) is 0 Å². The molecule has 172 valence electrons. The number of carbonyl (C=O) groups is 1. The van der Waals surface area contributed by atoms with Gasteiger partial charge in [0.15, 0.2) is 5.96 Å². The lowest BCUT2D eigenvalue weighted by Gasteiger charge is -2.26. The third-order valence-corrected chi connectivity index (χ3v) is 6.42. The van der Waals surface area contributed by atoms with E-state index in [9.17, 15) is 9.18 Å². The number of aliphatic imine (C=N–C) groups is 1. The Bertz CT molecular complexity index is 747. The highest BCUT2D eigenvalue weighted by atomic mass is 19.1. The molecule has 1 amide bonds. The molecule has 0 aromatic heterocycles. The Hall–Kier alpha value is -2.15. The van der Waals surface area contributed by atoms with Gasteiger partial charge in [0, 0.05) is 31.6 Å². The maximum atomic E-state index is 13.7. The van der Waals surface area contributed by atoms with Crippen LogP contribution >= 0.6 is 0 Å². The summed E-state index contributed by atoms with van der Waals surface area (Å²) in [6.45, 7) is 4.87. The summed E-state index contributed by atoms with van der Waals surface area (Å²) in [4.78, 5) is 21.7. The molecule has 0 radical (unpaired) electrons. The minimum absolute atomic E-state index is 0.0147. The highest BCUT2D eigenvalue weighted by Crippen LogP contribution is 2.27. The first-order valence-electron chi connectivity index (χ1n) is 11.7. The molecule has 31 heavy (non-hydrogen) atoms. The molecule has 1 aliphatic heterocycles. The normalized spacial score (nSPS) is 21.4. The van der Waals surface area contributed by atoms with Crippen molar-refractivity contribution >= 4 is 11.9 Å². The summed E-state index contributed by atoms with van der Waals surface area (Å²) in [5, 5.41) is 6.83. The van der Waals surface area contributed by atoms with E-state index in [0.717, 1.165) is 50.4 Å². The summed E-state index contributed by atoms with van der Waals surface area (Å²) in [6.07, 6.45) is 6.65. The van der Waals surface area contributed by atoms with Crippen molar-refractivity contribution in [1.29, 1.82) is 0 Å². The van der Waals surface area contributed by atoms with Gasteiger partial charge in [-0.2, -0.15) is 0 Å². The number of amides is 1. The minimum atomic E-state index is -0.230. The highest BCUT2D eigenvalue weighted by Gasteiger charge is 2.31. The highest BCUT2D eigenvalue weighted by molar-refractivity contribution is 5.81. The number of guanidine groups is 1. The zero-order valence-electron chi connectivity index (χ0n) is 19.2. The number of likely N-dealkylation sites (tertiary alicyclic amines) is 1. The number of nitrogens with one attached hydrogen (secondary N) is 2. The Morgan fingerprint density at radius 2 is 2.03 bits per heavy atom. The van der Waals surface area contributed by atoms with Crippen LogP contribution in [0.25, 0.3) is 0 Å². The number of hydrogen-bond acceptors (Lipinski definition) is 3. The van der Waals surface area contributed by atoms with Crippen LogP contribution in [0.3, 0.4) is 0 Å². The molecule has 2 atom stereocenters. The second-order valence-electron chi connectivity index (χ2n) is 9.00. The summed E-state index contributed by atoms with van der Waals surface area (Å²) >= 11 is 0. The van der Waals surface area contributed by atoms with Gasteiger partial charge in [-0.3, -0.25) is 9.79 Å². The molecule has 3 rings (SSSR count). The molecule has 2 aliphatic rings. The SMILES string of the molecule is CCNC(=NCC(c1cccc(F)c1)N(C)C)NC1CCN(C(=O)C2CCCCC2)C1. The molecule has 1 aliphatic carbocycles. The lowest BCUT2D eigenvalue weighted by atomic mass is 9.88. The van der Waals surface area contributed by atoms with Crippen molar-refractivity contribution in [2.24, 2.45) is 10.9 Å². The zero-order chi connectivity index (χ0) is 22.2. The van der Waals surface area contributed by atoms with Gasteiger partial charge in [0.1, 0.15) is 5.82 Å². The van der Waals surface area contributed by atoms with Crippen molar-refractivity contribution in [1.82, 2.24) is 20.4 Å². The number of hydrogen-bond donors (Lipinski definition) is 2. The predicted octanol–water partition coefficient (Wildman–Crippen LogP) is 3.16. The molecule has 2 fully saturated rings. The lowest BCUT2D eigenvalue weighted by molar-refractivity contribution is -0.135. The van der Waals surface area contributed by atoms with Gasteiger partial charge < -0.3 is 20.4 Å². The second kappa shape index (κ2) is 11.5. The molecule has 1 saturated carbocycles. The largest absolute Gasteiger partial charge is 0.357 e. The number of likely N-dealkylation sites (N-methyl/N-ethyl adjacent to an activating group) is 1. The Morgan fingerprint density at radius 3 is 2.71 bits per heavy atom. The third kappa shape index (κ3) is 6.66. The van der Waals surface area contributed by atoms with E-state index in [-0.39, 0.29) is 23.8 Å². The Morgan fingerprint density at radius 1 is 1.26 bits per heavy atom. The van der Waals surface area contributed by atoms with Crippen LogP contribution in [-0.4, -0.2) is 68.0 Å². The van der Waals surface area contributed by atoms with Gasteiger partial charge >= 0.3 is 0 Å². The van der Waals surface area contributed by atoms with Crippen molar-refractivity contribution in [3.8, 4) is 0 Å². The summed E-state index contributed by atoms with van der Waals surface area (Å²) in [5.74, 6) is 1.08.